The van der Waals surface area contributed by atoms with Gasteiger partial charge in [-0.25, -0.2) is 4.39 Å². The molecule has 0 saturated heterocycles. The predicted octanol–water partition coefficient (Wildman–Crippen LogP) is 3.41. The van der Waals surface area contributed by atoms with Crippen LogP contribution in [0.4, 0.5) is 10.3 Å². The number of carbonyl (C=O) groups excluding carboxylic acids is 1. The number of hydrogen-bond donors (Lipinski definition) is 2. The van der Waals surface area contributed by atoms with Gasteiger partial charge in [-0.05, 0) is 43.0 Å². The number of anilines is 1. The zero-order valence-electron chi connectivity index (χ0n) is 12.1. The van der Waals surface area contributed by atoms with E-state index in [0.717, 1.165) is 19.3 Å². The van der Waals surface area contributed by atoms with Gasteiger partial charge in [0.1, 0.15) is 5.82 Å². The third-order valence-electron chi connectivity index (χ3n) is 3.81. The number of halogens is 1. The SMILES string of the molecule is O=C(Nc1n[nH]c(-c2ccccc2F)n1)c1cc2c(s1)CCC2. The average molecular weight is 328 g/mol. The summed E-state index contributed by atoms with van der Waals surface area (Å²) in [6, 6.07) is 8.21. The van der Waals surface area contributed by atoms with E-state index in [4.69, 9.17) is 0 Å². The van der Waals surface area contributed by atoms with E-state index in [0.29, 0.717) is 10.4 Å². The van der Waals surface area contributed by atoms with E-state index in [1.807, 2.05) is 6.07 Å². The monoisotopic (exact) mass is 328 g/mol. The molecule has 0 aliphatic heterocycles. The number of carbonyl (C=O) groups is 1. The predicted molar refractivity (Wildman–Crippen MR) is 86.1 cm³/mol. The third kappa shape index (κ3) is 2.63. The first kappa shape index (κ1) is 14.1. The molecule has 4 rings (SSSR count). The molecular formula is C16H13FN4OS. The Morgan fingerprint density at radius 3 is 3.00 bits per heavy atom. The van der Waals surface area contributed by atoms with Crippen LogP contribution in [0.3, 0.4) is 0 Å². The van der Waals surface area contributed by atoms with E-state index in [9.17, 15) is 9.18 Å². The maximum atomic E-state index is 13.7. The first-order valence-electron chi connectivity index (χ1n) is 7.31. The van der Waals surface area contributed by atoms with Gasteiger partial charge in [0.25, 0.3) is 5.91 Å². The second kappa shape index (κ2) is 5.58. The van der Waals surface area contributed by atoms with E-state index in [2.05, 4.69) is 20.5 Å². The molecule has 7 heteroatoms. The summed E-state index contributed by atoms with van der Waals surface area (Å²) in [6.45, 7) is 0. The van der Waals surface area contributed by atoms with E-state index in [-0.39, 0.29) is 17.7 Å². The lowest BCUT2D eigenvalue weighted by Crippen LogP contribution is -2.11. The number of hydrogen-bond acceptors (Lipinski definition) is 4. The molecule has 1 aromatic carbocycles. The highest BCUT2D eigenvalue weighted by Gasteiger charge is 2.19. The highest BCUT2D eigenvalue weighted by atomic mass is 32.1. The Labute approximate surface area is 135 Å². The molecule has 0 atom stereocenters. The molecule has 23 heavy (non-hydrogen) atoms. The van der Waals surface area contributed by atoms with Gasteiger partial charge in [-0.15, -0.1) is 16.4 Å². The molecule has 116 valence electrons. The van der Waals surface area contributed by atoms with Crippen LogP contribution in [-0.2, 0) is 12.8 Å². The molecule has 0 unspecified atom stereocenters. The number of aromatic nitrogens is 3. The van der Waals surface area contributed by atoms with E-state index < -0.39 is 5.82 Å². The zero-order chi connectivity index (χ0) is 15.8. The summed E-state index contributed by atoms with van der Waals surface area (Å²) in [5.74, 6) is -0.200. The molecule has 0 bridgehead atoms. The molecule has 1 amide bonds. The fourth-order valence-corrected chi connectivity index (χ4v) is 3.84. The van der Waals surface area contributed by atoms with Crippen LogP contribution in [0.2, 0.25) is 0 Å². The Morgan fingerprint density at radius 1 is 1.30 bits per heavy atom. The van der Waals surface area contributed by atoms with Gasteiger partial charge in [-0.3, -0.25) is 15.2 Å². The van der Waals surface area contributed by atoms with Crippen LogP contribution in [0, 0.1) is 5.82 Å². The van der Waals surface area contributed by atoms with Gasteiger partial charge in [-0.1, -0.05) is 12.1 Å². The molecule has 0 radical (unpaired) electrons. The van der Waals surface area contributed by atoms with Crippen molar-refractivity contribution in [2.75, 3.05) is 5.32 Å². The zero-order valence-corrected chi connectivity index (χ0v) is 12.9. The van der Waals surface area contributed by atoms with Crippen LogP contribution >= 0.6 is 11.3 Å². The average Bonchev–Trinajstić information content (AvgIpc) is 3.22. The number of fused-ring (bicyclic) bond motifs is 1. The number of thiophene rings is 1. The molecule has 1 aliphatic carbocycles. The molecule has 5 nitrogen and oxygen atoms in total. The minimum Gasteiger partial charge on any atom is -0.288 e. The molecule has 2 aromatic heterocycles. The summed E-state index contributed by atoms with van der Waals surface area (Å²) >= 11 is 1.52. The summed E-state index contributed by atoms with van der Waals surface area (Å²) in [5, 5.41) is 9.23. The second-order valence-electron chi connectivity index (χ2n) is 5.35. The van der Waals surface area contributed by atoms with Crippen molar-refractivity contribution in [2.45, 2.75) is 19.3 Å². The number of amides is 1. The lowest BCUT2D eigenvalue weighted by atomic mass is 10.2. The number of rotatable bonds is 3. The van der Waals surface area contributed by atoms with Crippen LogP contribution in [0.15, 0.2) is 30.3 Å². The van der Waals surface area contributed by atoms with Crippen LogP contribution in [0.1, 0.15) is 26.5 Å². The van der Waals surface area contributed by atoms with Gasteiger partial charge >= 0.3 is 0 Å². The molecule has 2 heterocycles. The van der Waals surface area contributed by atoms with Crippen molar-refractivity contribution in [3.05, 3.63) is 51.5 Å². The second-order valence-corrected chi connectivity index (χ2v) is 6.49. The summed E-state index contributed by atoms with van der Waals surface area (Å²) in [4.78, 5) is 18.3. The molecule has 0 fully saturated rings. The molecule has 0 spiro atoms. The van der Waals surface area contributed by atoms with Gasteiger partial charge in [-0.2, -0.15) is 4.98 Å². The van der Waals surface area contributed by atoms with Crippen molar-refractivity contribution >= 4 is 23.2 Å². The maximum Gasteiger partial charge on any atom is 0.268 e. The Hall–Kier alpha value is -2.54. The largest absolute Gasteiger partial charge is 0.288 e. The van der Waals surface area contributed by atoms with Crippen LogP contribution in [0.25, 0.3) is 11.4 Å². The normalized spacial score (nSPS) is 13.1. The topological polar surface area (TPSA) is 70.7 Å². The van der Waals surface area contributed by atoms with Crippen molar-refractivity contribution in [3.63, 3.8) is 0 Å². The smallest absolute Gasteiger partial charge is 0.268 e. The van der Waals surface area contributed by atoms with Gasteiger partial charge in [0.05, 0.1) is 10.4 Å². The summed E-state index contributed by atoms with van der Waals surface area (Å²) in [5.41, 5.74) is 1.58. The Kier molecular flexibility index (Phi) is 3.42. The first-order chi connectivity index (χ1) is 11.2. The Bertz CT molecular complexity index is 864. The number of aryl methyl sites for hydroxylation is 2. The molecule has 0 saturated carbocycles. The highest BCUT2D eigenvalue weighted by Crippen LogP contribution is 2.31. The van der Waals surface area contributed by atoms with Crippen molar-refractivity contribution in [3.8, 4) is 11.4 Å². The van der Waals surface area contributed by atoms with Gasteiger partial charge in [0.15, 0.2) is 5.82 Å². The van der Waals surface area contributed by atoms with Crippen molar-refractivity contribution in [1.29, 1.82) is 0 Å². The van der Waals surface area contributed by atoms with E-state index >= 15 is 0 Å². The fraction of sp³-hybridized carbons (Fsp3) is 0.188. The van der Waals surface area contributed by atoms with Gasteiger partial charge in [0, 0.05) is 4.88 Å². The van der Waals surface area contributed by atoms with Crippen LogP contribution in [0.5, 0.6) is 0 Å². The van der Waals surface area contributed by atoms with Crippen molar-refractivity contribution < 1.29 is 9.18 Å². The third-order valence-corrected chi connectivity index (χ3v) is 5.05. The number of benzene rings is 1. The van der Waals surface area contributed by atoms with Crippen molar-refractivity contribution in [1.82, 2.24) is 15.2 Å². The Balaban J connectivity index is 1.53. The quantitative estimate of drug-likeness (QED) is 0.774. The van der Waals surface area contributed by atoms with E-state index in [1.54, 1.807) is 18.2 Å². The standard InChI is InChI=1S/C16H13FN4OS/c17-11-6-2-1-5-10(11)14-18-16(21-20-14)19-15(22)13-8-9-4-3-7-12(9)23-13/h1-2,5-6,8H,3-4,7H2,(H2,18,19,20,21,22). The lowest BCUT2D eigenvalue weighted by molar-refractivity contribution is 0.102. The molecule has 1 aliphatic rings. The number of nitrogens with one attached hydrogen (secondary N) is 2. The molecule has 2 N–H and O–H groups in total. The molecule has 3 aromatic rings. The van der Waals surface area contributed by atoms with Gasteiger partial charge < -0.3 is 0 Å². The number of nitrogens with zero attached hydrogens (tertiary/aromatic N) is 2. The highest BCUT2D eigenvalue weighted by molar-refractivity contribution is 7.14. The summed E-state index contributed by atoms with van der Waals surface area (Å²) < 4.78 is 13.7. The maximum absolute atomic E-state index is 13.7. The Morgan fingerprint density at radius 2 is 2.17 bits per heavy atom. The van der Waals surface area contributed by atoms with Gasteiger partial charge in [0.2, 0.25) is 5.95 Å². The summed E-state index contributed by atoms with van der Waals surface area (Å²) in [6.07, 6.45) is 3.25. The van der Waals surface area contributed by atoms with Crippen LogP contribution in [-0.4, -0.2) is 21.1 Å². The minimum atomic E-state index is -0.392. The first-order valence-corrected chi connectivity index (χ1v) is 8.12. The van der Waals surface area contributed by atoms with Crippen LogP contribution < -0.4 is 5.32 Å². The lowest BCUT2D eigenvalue weighted by Gasteiger charge is -1.98. The fourth-order valence-electron chi connectivity index (χ4n) is 2.70. The number of aromatic amines is 1. The van der Waals surface area contributed by atoms with E-state index in [1.165, 1.54) is 27.8 Å². The number of H-pyrrole nitrogens is 1. The van der Waals surface area contributed by atoms with Crippen molar-refractivity contribution in [2.24, 2.45) is 0 Å². The molecular weight excluding hydrogens is 315 g/mol. The summed E-state index contributed by atoms with van der Waals surface area (Å²) in [7, 11) is 0. The minimum absolute atomic E-state index is 0.141.